The summed E-state index contributed by atoms with van der Waals surface area (Å²) in [6, 6.07) is 10.2. The molecule has 0 aliphatic carbocycles. The predicted molar refractivity (Wildman–Crippen MR) is 65.9 cm³/mol. The number of benzene rings is 1. The molecule has 78 valence electrons. The molecule has 0 bridgehead atoms. The van der Waals surface area contributed by atoms with Gasteiger partial charge < -0.3 is 4.74 Å². The summed E-state index contributed by atoms with van der Waals surface area (Å²) in [5.74, 6) is 1.40. The van der Waals surface area contributed by atoms with E-state index in [1.54, 1.807) is 18.4 Å². The second-order valence-corrected chi connectivity index (χ2v) is 4.27. The molecule has 2 rings (SSSR count). The van der Waals surface area contributed by atoms with Crippen molar-refractivity contribution in [2.45, 2.75) is 5.88 Å². The van der Waals surface area contributed by atoms with Gasteiger partial charge in [-0.05, 0) is 10.9 Å². The molecule has 0 unspecified atom stereocenters. The van der Waals surface area contributed by atoms with Gasteiger partial charge in [-0.2, -0.15) is 0 Å². The van der Waals surface area contributed by atoms with Gasteiger partial charge in [0.15, 0.2) is 0 Å². The van der Waals surface area contributed by atoms with Gasteiger partial charge in [0, 0.05) is 5.56 Å². The summed E-state index contributed by atoms with van der Waals surface area (Å²) >= 11 is 7.51. The van der Waals surface area contributed by atoms with Crippen LogP contribution in [0.5, 0.6) is 5.75 Å². The van der Waals surface area contributed by atoms with Gasteiger partial charge in [0.25, 0.3) is 0 Å². The Morgan fingerprint density at radius 1 is 1.27 bits per heavy atom. The fourth-order valence-electron chi connectivity index (χ4n) is 1.49. The second-order valence-electron chi connectivity index (χ2n) is 3.12. The zero-order chi connectivity index (χ0) is 10.7. The lowest BCUT2D eigenvalue weighted by Crippen LogP contribution is -1.86. The Kier molecular flexibility index (Phi) is 3.29. The molecular weight excluding hydrogens is 228 g/mol. The van der Waals surface area contributed by atoms with Crippen molar-refractivity contribution >= 4 is 22.9 Å². The summed E-state index contributed by atoms with van der Waals surface area (Å²) < 4.78 is 5.39. The SMILES string of the molecule is COc1c(CCl)csc1-c1ccccc1. The van der Waals surface area contributed by atoms with Crippen LogP contribution >= 0.6 is 22.9 Å². The zero-order valence-corrected chi connectivity index (χ0v) is 9.94. The largest absolute Gasteiger partial charge is 0.495 e. The number of halogens is 1. The summed E-state index contributed by atoms with van der Waals surface area (Å²) in [4.78, 5) is 1.15. The van der Waals surface area contributed by atoms with E-state index in [0.29, 0.717) is 5.88 Å². The molecule has 3 heteroatoms. The molecule has 0 aliphatic heterocycles. The highest BCUT2D eigenvalue weighted by Gasteiger charge is 2.12. The molecule has 0 atom stereocenters. The Morgan fingerprint density at radius 2 is 2.00 bits per heavy atom. The second kappa shape index (κ2) is 4.69. The van der Waals surface area contributed by atoms with E-state index in [0.717, 1.165) is 16.2 Å². The van der Waals surface area contributed by atoms with Crippen LogP contribution in [-0.2, 0) is 5.88 Å². The minimum Gasteiger partial charge on any atom is -0.495 e. The number of rotatable bonds is 3. The zero-order valence-electron chi connectivity index (χ0n) is 8.37. The normalized spacial score (nSPS) is 10.3. The maximum atomic E-state index is 5.84. The van der Waals surface area contributed by atoms with Gasteiger partial charge in [-0.15, -0.1) is 22.9 Å². The smallest absolute Gasteiger partial charge is 0.141 e. The van der Waals surface area contributed by atoms with Crippen LogP contribution in [0.2, 0.25) is 0 Å². The Hall–Kier alpha value is -0.990. The lowest BCUT2D eigenvalue weighted by Gasteiger charge is -2.04. The highest BCUT2D eigenvalue weighted by Crippen LogP contribution is 2.39. The summed E-state index contributed by atoms with van der Waals surface area (Å²) in [6.07, 6.45) is 0. The summed E-state index contributed by atoms with van der Waals surface area (Å²) in [5.41, 5.74) is 2.23. The van der Waals surface area contributed by atoms with Gasteiger partial charge >= 0.3 is 0 Å². The van der Waals surface area contributed by atoms with E-state index in [2.05, 4.69) is 12.1 Å². The summed E-state index contributed by atoms with van der Waals surface area (Å²) in [5, 5.41) is 2.05. The Morgan fingerprint density at radius 3 is 2.60 bits per heavy atom. The van der Waals surface area contributed by atoms with Crippen molar-refractivity contribution in [2.75, 3.05) is 7.11 Å². The lowest BCUT2D eigenvalue weighted by atomic mass is 10.1. The molecule has 0 saturated carbocycles. The van der Waals surface area contributed by atoms with Crippen LogP contribution in [0.3, 0.4) is 0 Å². The monoisotopic (exact) mass is 238 g/mol. The molecule has 2 aromatic rings. The molecule has 0 amide bonds. The number of hydrogen-bond donors (Lipinski definition) is 0. The number of hydrogen-bond acceptors (Lipinski definition) is 2. The van der Waals surface area contributed by atoms with E-state index in [1.165, 1.54) is 5.56 Å². The first-order valence-electron chi connectivity index (χ1n) is 4.62. The molecule has 0 aliphatic rings. The third kappa shape index (κ3) is 2.01. The minimum absolute atomic E-state index is 0.493. The van der Waals surface area contributed by atoms with Crippen LogP contribution in [-0.4, -0.2) is 7.11 Å². The van der Waals surface area contributed by atoms with E-state index >= 15 is 0 Å². The quantitative estimate of drug-likeness (QED) is 0.730. The number of alkyl halides is 1. The number of methoxy groups -OCH3 is 1. The molecule has 0 N–H and O–H groups in total. The topological polar surface area (TPSA) is 9.23 Å². The van der Waals surface area contributed by atoms with E-state index in [4.69, 9.17) is 16.3 Å². The van der Waals surface area contributed by atoms with Crippen LogP contribution in [0.1, 0.15) is 5.56 Å². The maximum Gasteiger partial charge on any atom is 0.141 e. The highest BCUT2D eigenvalue weighted by molar-refractivity contribution is 7.14. The van der Waals surface area contributed by atoms with Crippen molar-refractivity contribution < 1.29 is 4.74 Å². The average Bonchev–Trinajstić information content (AvgIpc) is 2.72. The van der Waals surface area contributed by atoms with Gasteiger partial charge in [0.05, 0.1) is 17.9 Å². The Labute approximate surface area is 98.3 Å². The van der Waals surface area contributed by atoms with Gasteiger partial charge in [-0.1, -0.05) is 30.3 Å². The van der Waals surface area contributed by atoms with Crippen molar-refractivity contribution in [1.29, 1.82) is 0 Å². The van der Waals surface area contributed by atoms with Crippen LogP contribution < -0.4 is 4.74 Å². The van der Waals surface area contributed by atoms with Crippen molar-refractivity contribution in [3.63, 3.8) is 0 Å². The van der Waals surface area contributed by atoms with Crippen LogP contribution in [0.25, 0.3) is 10.4 Å². The molecule has 0 radical (unpaired) electrons. The number of thiophene rings is 1. The van der Waals surface area contributed by atoms with Crippen molar-refractivity contribution in [3.8, 4) is 16.2 Å². The van der Waals surface area contributed by atoms with Crippen LogP contribution in [0, 0.1) is 0 Å². The van der Waals surface area contributed by atoms with Gasteiger partial charge in [-0.25, -0.2) is 0 Å². The van der Waals surface area contributed by atoms with Crippen LogP contribution in [0.4, 0.5) is 0 Å². The predicted octanol–water partition coefficient (Wildman–Crippen LogP) is 4.16. The van der Waals surface area contributed by atoms with Gasteiger partial charge in [0.2, 0.25) is 0 Å². The Balaban J connectivity index is 2.49. The van der Waals surface area contributed by atoms with Crippen molar-refractivity contribution in [2.24, 2.45) is 0 Å². The molecule has 0 saturated heterocycles. The van der Waals surface area contributed by atoms with E-state index < -0.39 is 0 Å². The molecule has 1 aromatic carbocycles. The molecule has 0 fully saturated rings. The lowest BCUT2D eigenvalue weighted by molar-refractivity contribution is 0.415. The average molecular weight is 239 g/mol. The summed E-state index contributed by atoms with van der Waals surface area (Å²) in [6.45, 7) is 0. The highest BCUT2D eigenvalue weighted by atomic mass is 35.5. The van der Waals surface area contributed by atoms with E-state index in [9.17, 15) is 0 Å². The third-order valence-electron chi connectivity index (χ3n) is 2.20. The number of ether oxygens (including phenoxy) is 1. The van der Waals surface area contributed by atoms with Gasteiger partial charge in [0.1, 0.15) is 5.75 Å². The van der Waals surface area contributed by atoms with Crippen molar-refractivity contribution in [3.05, 3.63) is 41.3 Å². The summed E-state index contributed by atoms with van der Waals surface area (Å²) in [7, 11) is 1.69. The van der Waals surface area contributed by atoms with Gasteiger partial charge in [-0.3, -0.25) is 0 Å². The molecule has 1 aromatic heterocycles. The fraction of sp³-hybridized carbons (Fsp3) is 0.167. The first-order chi connectivity index (χ1) is 7.36. The standard InChI is InChI=1S/C12H11ClOS/c1-14-11-10(7-13)8-15-12(11)9-5-3-2-4-6-9/h2-6,8H,7H2,1H3. The van der Waals surface area contributed by atoms with Crippen LogP contribution in [0.15, 0.2) is 35.7 Å². The molecule has 1 nitrogen and oxygen atoms in total. The fourth-order valence-corrected chi connectivity index (χ4v) is 2.82. The van der Waals surface area contributed by atoms with Crippen molar-refractivity contribution in [1.82, 2.24) is 0 Å². The molecule has 1 heterocycles. The minimum atomic E-state index is 0.493. The maximum absolute atomic E-state index is 5.84. The van der Waals surface area contributed by atoms with E-state index in [1.807, 2.05) is 23.6 Å². The molecular formula is C12H11ClOS. The first-order valence-corrected chi connectivity index (χ1v) is 6.04. The Bertz CT molecular complexity index is 436. The first kappa shape index (κ1) is 10.5. The third-order valence-corrected chi connectivity index (χ3v) is 3.55. The van der Waals surface area contributed by atoms with E-state index in [-0.39, 0.29) is 0 Å². The molecule has 15 heavy (non-hydrogen) atoms. The molecule has 0 spiro atoms.